The molecule has 1 heterocycles. The number of amides is 4. The first-order valence-corrected chi connectivity index (χ1v) is 12.2. The summed E-state index contributed by atoms with van der Waals surface area (Å²) in [6.07, 6.45) is 2.32. The monoisotopic (exact) mass is 520 g/mol. The third-order valence-corrected chi connectivity index (χ3v) is 5.98. The van der Waals surface area contributed by atoms with E-state index in [1.807, 2.05) is 30.3 Å². The van der Waals surface area contributed by atoms with Crippen LogP contribution in [0.1, 0.15) is 30.0 Å². The summed E-state index contributed by atoms with van der Waals surface area (Å²) in [5.74, 6) is -1.00. The van der Waals surface area contributed by atoms with E-state index in [1.54, 1.807) is 36.4 Å². The Morgan fingerprint density at radius 1 is 1.11 bits per heavy atom. The van der Waals surface area contributed by atoms with Crippen LogP contribution in [0.5, 0.6) is 0 Å². The Balaban J connectivity index is 1.81. The first-order valence-electron chi connectivity index (χ1n) is 12.2. The van der Waals surface area contributed by atoms with Gasteiger partial charge in [-0.2, -0.15) is 0 Å². The highest BCUT2D eigenvalue weighted by Gasteiger charge is 2.39. The molecular formula is C28H32N4O6. The summed E-state index contributed by atoms with van der Waals surface area (Å²) in [6.45, 7) is 7.26. The number of hydrogen-bond donors (Lipinski definition) is 3. The molecule has 2 aromatic rings. The number of piperazine rings is 1. The van der Waals surface area contributed by atoms with Gasteiger partial charge in [-0.25, -0.2) is 9.59 Å². The molecule has 200 valence electrons. The number of carbonyl (C=O) groups excluding carboxylic acids is 3. The van der Waals surface area contributed by atoms with E-state index in [1.165, 1.54) is 4.90 Å². The minimum atomic E-state index is -1.28. The average molecular weight is 521 g/mol. The highest BCUT2D eigenvalue weighted by atomic mass is 16.5. The van der Waals surface area contributed by atoms with Gasteiger partial charge in [0.05, 0.1) is 12.6 Å². The SMILES string of the molecule is C=CCCNC(=O)[C@H]1CN(C(=O)O)CC(=O)N1c1cccc(C(CC=C)NC(=O)OCc2ccccc2)c1. The van der Waals surface area contributed by atoms with E-state index in [4.69, 9.17) is 4.74 Å². The van der Waals surface area contributed by atoms with Gasteiger partial charge >= 0.3 is 12.2 Å². The molecule has 3 rings (SSSR count). The van der Waals surface area contributed by atoms with Gasteiger partial charge < -0.3 is 20.5 Å². The van der Waals surface area contributed by atoms with Crippen LogP contribution in [0.3, 0.4) is 0 Å². The fourth-order valence-electron chi connectivity index (χ4n) is 4.10. The van der Waals surface area contributed by atoms with Crippen LogP contribution in [-0.2, 0) is 20.9 Å². The quantitative estimate of drug-likeness (QED) is 0.307. The fraction of sp³-hybridized carbons (Fsp3) is 0.286. The molecule has 0 saturated carbocycles. The lowest BCUT2D eigenvalue weighted by Gasteiger charge is -2.39. The van der Waals surface area contributed by atoms with Crippen LogP contribution in [0.4, 0.5) is 15.3 Å². The molecule has 1 aliphatic heterocycles. The first-order chi connectivity index (χ1) is 18.3. The van der Waals surface area contributed by atoms with Crippen molar-refractivity contribution < 1.29 is 29.0 Å². The molecular weight excluding hydrogens is 488 g/mol. The number of carbonyl (C=O) groups is 4. The van der Waals surface area contributed by atoms with Gasteiger partial charge in [0.2, 0.25) is 11.8 Å². The molecule has 0 spiro atoms. The standard InChI is InChI=1S/C28H32N4O6/c1-3-5-15-29-26(34)24-17-31(28(36)37)18-25(33)32(24)22-14-9-13-21(16-22)23(10-4-2)30-27(35)38-19-20-11-7-6-8-12-20/h3-4,6-9,11-14,16,23-24H,1-2,5,10,15,17-19H2,(H,29,34)(H,30,35)(H,36,37)/t23?,24-/m1/s1. The molecule has 2 aromatic carbocycles. The third-order valence-electron chi connectivity index (χ3n) is 5.98. The summed E-state index contributed by atoms with van der Waals surface area (Å²) in [6, 6.07) is 14.6. The second-order valence-corrected chi connectivity index (χ2v) is 8.69. The summed E-state index contributed by atoms with van der Waals surface area (Å²) in [5.41, 5.74) is 1.93. The number of anilines is 1. The molecule has 10 heteroatoms. The highest BCUT2D eigenvalue weighted by molar-refractivity contribution is 6.04. The van der Waals surface area contributed by atoms with Crippen molar-refractivity contribution in [2.45, 2.75) is 31.5 Å². The number of benzene rings is 2. The van der Waals surface area contributed by atoms with Crippen LogP contribution in [0.2, 0.25) is 0 Å². The highest BCUT2D eigenvalue weighted by Crippen LogP contribution is 2.27. The minimum absolute atomic E-state index is 0.110. The Kier molecular flexibility index (Phi) is 10.0. The summed E-state index contributed by atoms with van der Waals surface area (Å²) in [5, 5.41) is 15.0. The maximum atomic E-state index is 13.1. The van der Waals surface area contributed by atoms with Gasteiger partial charge in [-0.05, 0) is 36.1 Å². The fourth-order valence-corrected chi connectivity index (χ4v) is 4.10. The van der Waals surface area contributed by atoms with E-state index in [-0.39, 0.29) is 19.7 Å². The molecule has 1 aliphatic rings. The molecule has 0 radical (unpaired) electrons. The van der Waals surface area contributed by atoms with Crippen molar-refractivity contribution in [2.75, 3.05) is 24.5 Å². The van der Waals surface area contributed by atoms with E-state index in [2.05, 4.69) is 23.8 Å². The van der Waals surface area contributed by atoms with Crippen LogP contribution in [0.25, 0.3) is 0 Å². The smallest absolute Gasteiger partial charge is 0.407 e. The summed E-state index contributed by atoms with van der Waals surface area (Å²) < 4.78 is 5.35. The maximum Gasteiger partial charge on any atom is 0.407 e. The zero-order valence-corrected chi connectivity index (χ0v) is 21.0. The number of alkyl carbamates (subject to hydrolysis) is 1. The van der Waals surface area contributed by atoms with Crippen molar-refractivity contribution >= 4 is 29.7 Å². The van der Waals surface area contributed by atoms with Crippen LogP contribution in [0.15, 0.2) is 79.9 Å². The van der Waals surface area contributed by atoms with Crippen molar-refractivity contribution in [3.63, 3.8) is 0 Å². The molecule has 4 amide bonds. The zero-order chi connectivity index (χ0) is 27.5. The van der Waals surface area contributed by atoms with E-state index in [0.717, 1.165) is 10.5 Å². The van der Waals surface area contributed by atoms with Crippen molar-refractivity contribution in [3.8, 4) is 0 Å². The normalized spacial score (nSPS) is 15.8. The predicted molar refractivity (Wildman–Crippen MR) is 142 cm³/mol. The topological polar surface area (TPSA) is 128 Å². The van der Waals surface area contributed by atoms with Gasteiger partial charge in [0.1, 0.15) is 19.2 Å². The molecule has 1 fully saturated rings. The van der Waals surface area contributed by atoms with Gasteiger partial charge in [0, 0.05) is 12.2 Å². The summed E-state index contributed by atoms with van der Waals surface area (Å²) in [4.78, 5) is 52.4. The Hall–Kier alpha value is -4.60. The van der Waals surface area contributed by atoms with Crippen LogP contribution in [0, 0.1) is 0 Å². The molecule has 10 nitrogen and oxygen atoms in total. The van der Waals surface area contributed by atoms with E-state index < -0.39 is 36.1 Å². The molecule has 0 aliphatic carbocycles. The molecule has 0 aromatic heterocycles. The van der Waals surface area contributed by atoms with Gasteiger partial charge in [0.25, 0.3) is 0 Å². The largest absolute Gasteiger partial charge is 0.465 e. The zero-order valence-electron chi connectivity index (χ0n) is 21.0. The number of carboxylic acid groups (broad SMARTS) is 1. The van der Waals surface area contributed by atoms with Crippen LogP contribution in [-0.4, -0.2) is 59.7 Å². The van der Waals surface area contributed by atoms with E-state index in [0.29, 0.717) is 30.6 Å². The number of nitrogens with one attached hydrogen (secondary N) is 2. The van der Waals surface area contributed by atoms with Gasteiger partial charge in [-0.1, -0.05) is 54.6 Å². The van der Waals surface area contributed by atoms with Crippen molar-refractivity contribution in [2.24, 2.45) is 0 Å². The average Bonchev–Trinajstić information content (AvgIpc) is 2.92. The van der Waals surface area contributed by atoms with Crippen molar-refractivity contribution in [1.82, 2.24) is 15.5 Å². The summed E-state index contributed by atoms with van der Waals surface area (Å²) >= 11 is 0. The van der Waals surface area contributed by atoms with E-state index >= 15 is 0 Å². The van der Waals surface area contributed by atoms with Crippen LogP contribution < -0.4 is 15.5 Å². The minimum Gasteiger partial charge on any atom is -0.465 e. The van der Waals surface area contributed by atoms with Crippen molar-refractivity contribution in [3.05, 3.63) is 91.0 Å². The number of hydrogen-bond acceptors (Lipinski definition) is 5. The lowest BCUT2D eigenvalue weighted by Crippen LogP contribution is -2.62. The second-order valence-electron chi connectivity index (χ2n) is 8.69. The second kappa shape index (κ2) is 13.6. The van der Waals surface area contributed by atoms with Crippen molar-refractivity contribution in [1.29, 1.82) is 0 Å². The lowest BCUT2D eigenvalue weighted by molar-refractivity contribution is -0.129. The Bertz CT molecular complexity index is 1170. The third kappa shape index (κ3) is 7.45. The van der Waals surface area contributed by atoms with Gasteiger partial charge in [-0.3, -0.25) is 19.4 Å². The van der Waals surface area contributed by atoms with E-state index in [9.17, 15) is 24.3 Å². The van der Waals surface area contributed by atoms with Gasteiger partial charge in [-0.15, -0.1) is 13.2 Å². The number of ether oxygens (including phenoxy) is 1. The number of rotatable bonds is 11. The lowest BCUT2D eigenvalue weighted by atomic mass is 10.0. The Morgan fingerprint density at radius 3 is 2.55 bits per heavy atom. The molecule has 3 N–H and O–H groups in total. The number of nitrogens with zero attached hydrogens (tertiary/aromatic N) is 2. The van der Waals surface area contributed by atoms with Gasteiger partial charge in [0.15, 0.2) is 0 Å². The van der Waals surface area contributed by atoms with Crippen LogP contribution >= 0.6 is 0 Å². The molecule has 1 saturated heterocycles. The Morgan fingerprint density at radius 2 is 1.87 bits per heavy atom. The Labute approximate surface area is 221 Å². The summed E-state index contributed by atoms with van der Waals surface area (Å²) in [7, 11) is 0. The predicted octanol–water partition coefficient (Wildman–Crippen LogP) is 3.62. The maximum absolute atomic E-state index is 13.1. The molecule has 2 atom stereocenters. The molecule has 1 unspecified atom stereocenters. The molecule has 38 heavy (non-hydrogen) atoms. The molecule has 0 bridgehead atoms. The first kappa shape index (κ1) is 28.0.